The van der Waals surface area contributed by atoms with E-state index in [1.165, 1.54) is 5.56 Å². The van der Waals surface area contributed by atoms with E-state index in [0.29, 0.717) is 18.1 Å². The zero-order valence-corrected chi connectivity index (χ0v) is 10.9. The molecule has 3 aromatic rings. The summed E-state index contributed by atoms with van der Waals surface area (Å²) in [5, 5.41) is 3.94. The van der Waals surface area contributed by atoms with Crippen molar-refractivity contribution in [3.05, 3.63) is 60.1 Å². The Hall–Kier alpha value is -2.69. The van der Waals surface area contributed by atoms with Gasteiger partial charge in [0, 0.05) is 18.3 Å². The van der Waals surface area contributed by atoms with E-state index >= 15 is 0 Å². The molecule has 0 radical (unpaired) electrons. The van der Waals surface area contributed by atoms with Gasteiger partial charge in [-0.2, -0.15) is 4.98 Å². The zero-order chi connectivity index (χ0) is 13.8. The number of nitrogens with two attached hydrogens (primary N) is 1. The molecular weight excluding hydrogens is 252 g/mol. The van der Waals surface area contributed by atoms with E-state index in [1.54, 1.807) is 6.20 Å². The van der Waals surface area contributed by atoms with Crippen LogP contribution in [0.5, 0.6) is 0 Å². The van der Waals surface area contributed by atoms with E-state index in [1.807, 2.05) is 42.5 Å². The number of aryl methyl sites for hydroxylation is 2. The summed E-state index contributed by atoms with van der Waals surface area (Å²) >= 11 is 0. The highest BCUT2D eigenvalue weighted by Gasteiger charge is 2.09. The van der Waals surface area contributed by atoms with Crippen molar-refractivity contribution in [2.45, 2.75) is 12.8 Å². The van der Waals surface area contributed by atoms with Gasteiger partial charge in [0.05, 0.1) is 0 Å². The molecule has 0 aliphatic heterocycles. The minimum atomic E-state index is 0.526. The maximum atomic E-state index is 5.65. The van der Waals surface area contributed by atoms with Crippen molar-refractivity contribution in [2.24, 2.45) is 0 Å². The van der Waals surface area contributed by atoms with Crippen LogP contribution in [-0.4, -0.2) is 15.1 Å². The number of pyridine rings is 1. The minimum absolute atomic E-state index is 0.526. The fourth-order valence-electron chi connectivity index (χ4n) is 1.89. The highest BCUT2D eigenvalue weighted by atomic mass is 16.5. The van der Waals surface area contributed by atoms with Crippen LogP contribution in [0.2, 0.25) is 0 Å². The van der Waals surface area contributed by atoms with Gasteiger partial charge in [-0.25, -0.2) is 0 Å². The average Bonchev–Trinajstić information content (AvgIpc) is 2.97. The van der Waals surface area contributed by atoms with Gasteiger partial charge >= 0.3 is 0 Å². The van der Waals surface area contributed by atoms with Gasteiger partial charge in [-0.15, -0.1) is 0 Å². The largest absolute Gasteiger partial charge is 0.399 e. The van der Waals surface area contributed by atoms with E-state index < -0.39 is 0 Å². The lowest BCUT2D eigenvalue weighted by molar-refractivity contribution is 0.379. The molecule has 5 nitrogen and oxygen atoms in total. The number of rotatable bonds is 4. The molecule has 0 saturated carbocycles. The van der Waals surface area contributed by atoms with Gasteiger partial charge < -0.3 is 10.3 Å². The van der Waals surface area contributed by atoms with E-state index in [0.717, 1.165) is 17.8 Å². The van der Waals surface area contributed by atoms with E-state index in [2.05, 4.69) is 15.1 Å². The second-order valence-corrected chi connectivity index (χ2v) is 4.47. The number of nitrogens with zero attached hydrogens (tertiary/aromatic N) is 3. The minimum Gasteiger partial charge on any atom is -0.399 e. The molecule has 0 aliphatic rings. The standard InChI is InChI=1S/C15H14N4O/c16-12-7-4-11(5-8-12)6-9-14-18-15(19-20-14)13-3-1-2-10-17-13/h1-5,7-8,10H,6,9,16H2. The predicted octanol–water partition coefficient (Wildman–Crippen LogP) is 2.50. The van der Waals surface area contributed by atoms with Crippen LogP contribution in [0, 0.1) is 0 Å². The molecule has 0 bridgehead atoms. The molecule has 20 heavy (non-hydrogen) atoms. The Morgan fingerprint density at radius 1 is 1.00 bits per heavy atom. The topological polar surface area (TPSA) is 77.8 Å². The molecule has 0 aliphatic carbocycles. The van der Waals surface area contributed by atoms with Crippen molar-refractivity contribution >= 4 is 5.69 Å². The monoisotopic (exact) mass is 266 g/mol. The quantitative estimate of drug-likeness (QED) is 0.734. The number of hydrogen-bond donors (Lipinski definition) is 1. The SMILES string of the molecule is Nc1ccc(CCc2nc(-c3ccccn3)no2)cc1. The lowest BCUT2D eigenvalue weighted by atomic mass is 10.1. The van der Waals surface area contributed by atoms with E-state index in [9.17, 15) is 0 Å². The summed E-state index contributed by atoms with van der Waals surface area (Å²) < 4.78 is 5.24. The lowest BCUT2D eigenvalue weighted by Crippen LogP contribution is -1.93. The first-order valence-corrected chi connectivity index (χ1v) is 6.40. The molecule has 0 atom stereocenters. The fraction of sp³-hybridized carbons (Fsp3) is 0.133. The lowest BCUT2D eigenvalue weighted by Gasteiger charge is -1.98. The molecule has 0 fully saturated rings. The number of nitrogen functional groups attached to an aromatic ring is 1. The summed E-state index contributed by atoms with van der Waals surface area (Å²) in [6, 6.07) is 13.4. The summed E-state index contributed by atoms with van der Waals surface area (Å²) in [5.41, 5.74) is 8.33. The van der Waals surface area contributed by atoms with Gasteiger partial charge in [-0.1, -0.05) is 23.4 Å². The molecule has 3 rings (SSSR count). The maximum absolute atomic E-state index is 5.65. The van der Waals surface area contributed by atoms with Crippen molar-refractivity contribution in [2.75, 3.05) is 5.73 Å². The van der Waals surface area contributed by atoms with Gasteiger partial charge in [0.15, 0.2) is 0 Å². The normalized spacial score (nSPS) is 10.6. The second kappa shape index (κ2) is 5.52. The zero-order valence-electron chi connectivity index (χ0n) is 10.9. The fourth-order valence-corrected chi connectivity index (χ4v) is 1.89. The Kier molecular flexibility index (Phi) is 3.41. The summed E-state index contributed by atoms with van der Waals surface area (Å²) in [6.07, 6.45) is 3.24. The smallest absolute Gasteiger partial charge is 0.227 e. The number of benzene rings is 1. The third-order valence-corrected chi connectivity index (χ3v) is 2.97. The molecule has 100 valence electrons. The highest BCUT2D eigenvalue weighted by Crippen LogP contribution is 2.14. The predicted molar refractivity (Wildman–Crippen MR) is 75.8 cm³/mol. The Labute approximate surface area is 116 Å². The third kappa shape index (κ3) is 2.83. The molecule has 1 aromatic carbocycles. The molecule has 2 aromatic heterocycles. The van der Waals surface area contributed by atoms with Crippen LogP contribution in [0.3, 0.4) is 0 Å². The Balaban J connectivity index is 1.67. The summed E-state index contributed by atoms with van der Waals surface area (Å²) in [4.78, 5) is 8.54. The Morgan fingerprint density at radius 2 is 1.85 bits per heavy atom. The Morgan fingerprint density at radius 3 is 2.60 bits per heavy atom. The van der Waals surface area contributed by atoms with Gasteiger partial charge in [0.1, 0.15) is 5.69 Å². The molecule has 0 saturated heterocycles. The molecule has 2 heterocycles. The average molecular weight is 266 g/mol. The van der Waals surface area contributed by atoms with Crippen molar-refractivity contribution in [3.63, 3.8) is 0 Å². The summed E-state index contributed by atoms with van der Waals surface area (Å²) in [6.45, 7) is 0. The van der Waals surface area contributed by atoms with Crippen LogP contribution in [-0.2, 0) is 12.8 Å². The molecular formula is C15H14N4O. The second-order valence-electron chi connectivity index (χ2n) is 4.47. The van der Waals surface area contributed by atoms with Gasteiger partial charge in [0.2, 0.25) is 11.7 Å². The van der Waals surface area contributed by atoms with Crippen LogP contribution in [0.15, 0.2) is 53.2 Å². The summed E-state index contributed by atoms with van der Waals surface area (Å²) in [7, 11) is 0. The number of anilines is 1. The van der Waals surface area contributed by atoms with Gasteiger partial charge in [-0.05, 0) is 36.2 Å². The van der Waals surface area contributed by atoms with Crippen molar-refractivity contribution < 1.29 is 4.52 Å². The highest BCUT2D eigenvalue weighted by molar-refractivity contribution is 5.47. The molecule has 0 spiro atoms. The van der Waals surface area contributed by atoms with Gasteiger partial charge in [-0.3, -0.25) is 4.98 Å². The van der Waals surface area contributed by atoms with Crippen LogP contribution in [0.4, 0.5) is 5.69 Å². The first-order chi connectivity index (χ1) is 9.81. The van der Waals surface area contributed by atoms with E-state index in [-0.39, 0.29) is 0 Å². The van der Waals surface area contributed by atoms with Crippen molar-refractivity contribution in [3.8, 4) is 11.5 Å². The molecule has 0 unspecified atom stereocenters. The van der Waals surface area contributed by atoms with Crippen molar-refractivity contribution in [1.82, 2.24) is 15.1 Å². The summed E-state index contributed by atoms with van der Waals surface area (Å²) in [5.74, 6) is 1.14. The van der Waals surface area contributed by atoms with Crippen molar-refractivity contribution in [1.29, 1.82) is 0 Å². The molecule has 0 amide bonds. The Bertz CT molecular complexity index is 677. The first-order valence-electron chi connectivity index (χ1n) is 6.40. The van der Waals surface area contributed by atoms with Crippen LogP contribution < -0.4 is 5.73 Å². The molecule has 5 heteroatoms. The van der Waals surface area contributed by atoms with Gasteiger partial charge in [0.25, 0.3) is 0 Å². The van der Waals surface area contributed by atoms with Crippen LogP contribution >= 0.6 is 0 Å². The number of hydrogen-bond acceptors (Lipinski definition) is 5. The number of aromatic nitrogens is 3. The third-order valence-electron chi connectivity index (χ3n) is 2.97. The van der Waals surface area contributed by atoms with Crippen LogP contribution in [0.25, 0.3) is 11.5 Å². The molecule has 2 N–H and O–H groups in total. The van der Waals surface area contributed by atoms with Crippen LogP contribution in [0.1, 0.15) is 11.5 Å². The maximum Gasteiger partial charge on any atom is 0.227 e. The van der Waals surface area contributed by atoms with E-state index in [4.69, 9.17) is 10.3 Å². The first kappa shape index (κ1) is 12.3.